The Morgan fingerprint density at radius 2 is 1.74 bits per heavy atom. The van der Waals surface area contributed by atoms with Crippen molar-refractivity contribution in [3.05, 3.63) is 53.6 Å². The van der Waals surface area contributed by atoms with E-state index in [0.717, 1.165) is 24.9 Å². The second kappa shape index (κ2) is 7.49. The molecule has 0 spiro atoms. The molecule has 1 aromatic carbocycles. The van der Waals surface area contributed by atoms with Gasteiger partial charge in [-0.1, -0.05) is 36.8 Å². The summed E-state index contributed by atoms with van der Waals surface area (Å²) in [5.74, 6) is 0.965. The molecule has 1 N–H and O–H groups in total. The van der Waals surface area contributed by atoms with E-state index in [0.29, 0.717) is 36.7 Å². The fraction of sp³-hybridized carbons (Fsp3) is 0.500. The first-order valence-corrected chi connectivity index (χ1v) is 9.74. The fourth-order valence-electron chi connectivity index (χ4n) is 4.84. The van der Waals surface area contributed by atoms with Crippen LogP contribution in [0.3, 0.4) is 0 Å². The highest BCUT2D eigenvalue weighted by Gasteiger charge is 2.47. The van der Waals surface area contributed by atoms with Crippen molar-refractivity contribution in [1.82, 2.24) is 9.88 Å². The van der Waals surface area contributed by atoms with E-state index in [1.165, 1.54) is 12.0 Å². The number of aromatic nitrogens is 1. The first kappa shape index (κ1) is 18.3. The molecule has 4 rings (SSSR count). The van der Waals surface area contributed by atoms with Gasteiger partial charge < -0.3 is 14.6 Å². The Kier molecular flexibility index (Phi) is 5.06. The molecular formula is C22H28N2O3. The molecule has 5 nitrogen and oxygen atoms in total. The second-order valence-electron chi connectivity index (χ2n) is 7.75. The van der Waals surface area contributed by atoms with Crippen LogP contribution in [0.25, 0.3) is 0 Å². The van der Waals surface area contributed by atoms with Crippen LogP contribution < -0.4 is 9.47 Å². The van der Waals surface area contributed by atoms with Crippen LogP contribution in [0, 0.1) is 0 Å². The molecule has 3 heterocycles. The Bertz CT molecular complexity index is 766. The average molecular weight is 368 g/mol. The van der Waals surface area contributed by atoms with Gasteiger partial charge in [-0.2, -0.15) is 4.98 Å². The predicted octanol–water partition coefficient (Wildman–Crippen LogP) is 3.50. The van der Waals surface area contributed by atoms with E-state index in [9.17, 15) is 5.11 Å². The molecule has 2 bridgehead atoms. The molecule has 2 fully saturated rings. The lowest BCUT2D eigenvalue weighted by molar-refractivity contribution is -0.101. The van der Waals surface area contributed by atoms with Gasteiger partial charge in [0.15, 0.2) is 0 Å². The summed E-state index contributed by atoms with van der Waals surface area (Å²) in [7, 11) is 3.18. The molecule has 2 aliphatic rings. The molecule has 2 saturated heterocycles. The van der Waals surface area contributed by atoms with Crippen LogP contribution in [0.4, 0.5) is 0 Å². The number of aliphatic hydroxyl groups is 1. The van der Waals surface area contributed by atoms with Crippen molar-refractivity contribution in [3.63, 3.8) is 0 Å². The SMILES string of the molecule is COc1ccc(C2(O)CC3CCCC(C2)N3Cc2ccccc2)c(OC)n1. The van der Waals surface area contributed by atoms with Gasteiger partial charge in [0.2, 0.25) is 11.8 Å². The van der Waals surface area contributed by atoms with Crippen molar-refractivity contribution in [2.75, 3.05) is 14.2 Å². The van der Waals surface area contributed by atoms with Gasteiger partial charge in [-0.15, -0.1) is 0 Å². The summed E-state index contributed by atoms with van der Waals surface area (Å²) in [6.45, 7) is 0.949. The largest absolute Gasteiger partial charge is 0.481 e. The molecule has 0 amide bonds. The van der Waals surface area contributed by atoms with Crippen molar-refractivity contribution >= 4 is 0 Å². The highest BCUT2D eigenvalue weighted by molar-refractivity contribution is 5.36. The Hall–Kier alpha value is -2.11. The summed E-state index contributed by atoms with van der Waals surface area (Å²) >= 11 is 0. The van der Waals surface area contributed by atoms with Crippen LogP contribution in [-0.4, -0.2) is 41.3 Å². The van der Waals surface area contributed by atoms with Crippen LogP contribution in [0.15, 0.2) is 42.5 Å². The Morgan fingerprint density at radius 1 is 1.04 bits per heavy atom. The number of nitrogens with zero attached hydrogens (tertiary/aromatic N) is 2. The third-order valence-electron chi connectivity index (χ3n) is 6.11. The highest BCUT2D eigenvalue weighted by atomic mass is 16.5. The van der Waals surface area contributed by atoms with E-state index in [1.807, 2.05) is 12.1 Å². The third kappa shape index (κ3) is 3.54. The van der Waals surface area contributed by atoms with Crippen LogP contribution in [0.2, 0.25) is 0 Å². The number of benzene rings is 1. The molecule has 2 aromatic rings. The van der Waals surface area contributed by atoms with Crippen LogP contribution >= 0.6 is 0 Å². The molecule has 2 unspecified atom stereocenters. The lowest BCUT2D eigenvalue weighted by atomic mass is 9.72. The molecule has 0 radical (unpaired) electrons. The second-order valence-corrected chi connectivity index (χ2v) is 7.75. The van der Waals surface area contributed by atoms with Gasteiger partial charge in [0, 0.05) is 30.3 Å². The van der Waals surface area contributed by atoms with Gasteiger partial charge in [-0.05, 0) is 37.3 Å². The number of hydrogen-bond donors (Lipinski definition) is 1. The van der Waals surface area contributed by atoms with E-state index < -0.39 is 5.60 Å². The minimum atomic E-state index is -0.909. The molecule has 0 saturated carbocycles. The monoisotopic (exact) mass is 368 g/mol. The minimum Gasteiger partial charge on any atom is -0.481 e. The van der Waals surface area contributed by atoms with Crippen molar-refractivity contribution < 1.29 is 14.6 Å². The minimum absolute atomic E-state index is 0.370. The number of ether oxygens (including phenoxy) is 2. The van der Waals surface area contributed by atoms with Crippen LogP contribution in [0.1, 0.15) is 43.2 Å². The summed E-state index contributed by atoms with van der Waals surface area (Å²) in [6, 6.07) is 15.1. The third-order valence-corrected chi connectivity index (χ3v) is 6.11. The number of rotatable bonds is 5. The molecule has 0 aliphatic carbocycles. The topological polar surface area (TPSA) is 54.8 Å². The van der Waals surface area contributed by atoms with E-state index in [2.05, 4.69) is 40.2 Å². The molecular weight excluding hydrogens is 340 g/mol. The Morgan fingerprint density at radius 3 is 2.37 bits per heavy atom. The molecule has 2 atom stereocenters. The maximum atomic E-state index is 11.6. The molecule has 27 heavy (non-hydrogen) atoms. The first-order valence-electron chi connectivity index (χ1n) is 9.74. The van der Waals surface area contributed by atoms with Gasteiger partial charge in [0.05, 0.1) is 19.8 Å². The van der Waals surface area contributed by atoms with Crippen LogP contribution in [-0.2, 0) is 12.1 Å². The number of fused-ring (bicyclic) bond motifs is 2. The lowest BCUT2D eigenvalue weighted by Gasteiger charge is -2.52. The summed E-state index contributed by atoms with van der Waals surface area (Å²) in [5.41, 5.74) is 1.21. The highest BCUT2D eigenvalue weighted by Crippen LogP contribution is 2.47. The van der Waals surface area contributed by atoms with Gasteiger partial charge in [-0.3, -0.25) is 4.90 Å². The molecule has 5 heteroatoms. The van der Waals surface area contributed by atoms with Crippen LogP contribution in [0.5, 0.6) is 11.8 Å². The quantitative estimate of drug-likeness (QED) is 0.875. The smallest absolute Gasteiger partial charge is 0.222 e. The lowest BCUT2D eigenvalue weighted by Crippen LogP contribution is -2.56. The van der Waals surface area contributed by atoms with Gasteiger partial charge in [0.1, 0.15) is 0 Å². The van der Waals surface area contributed by atoms with Gasteiger partial charge >= 0.3 is 0 Å². The van der Waals surface area contributed by atoms with Gasteiger partial charge in [-0.25, -0.2) is 0 Å². The zero-order valence-corrected chi connectivity index (χ0v) is 16.1. The maximum absolute atomic E-state index is 11.6. The average Bonchev–Trinajstić information content (AvgIpc) is 2.69. The number of hydrogen-bond acceptors (Lipinski definition) is 5. The van der Waals surface area contributed by atoms with E-state index in [-0.39, 0.29) is 0 Å². The van der Waals surface area contributed by atoms with Crippen molar-refractivity contribution in [3.8, 4) is 11.8 Å². The predicted molar refractivity (Wildman–Crippen MR) is 104 cm³/mol. The maximum Gasteiger partial charge on any atom is 0.222 e. The van der Waals surface area contributed by atoms with Crippen molar-refractivity contribution in [2.24, 2.45) is 0 Å². The van der Waals surface area contributed by atoms with E-state index in [1.54, 1.807) is 14.2 Å². The normalized spacial score (nSPS) is 28.0. The Labute approximate surface area is 160 Å². The summed E-state index contributed by atoms with van der Waals surface area (Å²) < 4.78 is 10.7. The standard InChI is InChI=1S/C22H28N2O3/c1-26-20-12-11-19(21(23-20)27-2)22(25)13-17-9-6-10-18(14-22)24(17)15-16-7-4-3-5-8-16/h3-5,7-8,11-12,17-18,25H,6,9-10,13-15H2,1-2H3. The Balaban J connectivity index is 1.61. The first-order chi connectivity index (χ1) is 13.1. The summed E-state index contributed by atoms with van der Waals surface area (Å²) in [4.78, 5) is 6.99. The summed E-state index contributed by atoms with van der Waals surface area (Å²) in [6.07, 6.45) is 4.89. The number of methoxy groups -OCH3 is 2. The molecule has 144 valence electrons. The zero-order valence-electron chi connectivity index (χ0n) is 16.1. The van der Waals surface area contributed by atoms with Crippen molar-refractivity contribution in [2.45, 2.75) is 56.3 Å². The van der Waals surface area contributed by atoms with E-state index in [4.69, 9.17) is 9.47 Å². The summed E-state index contributed by atoms with van der Waals surface area (Å²) in [5, 5.41) is 11.6. The zero-order chi connectivity index (χ0) is 18.9. The van der Waals surface area contributed by atoms with E-state index >= 15 is 0 Å². The fourth-order valence-corrected chi connectivity index (χ4v) is 4.84. The molecule has 1 aromatic heterocycles. The molecule has 2 aliphatic heterocycles. The number of piperidine rings is 2. The van der Waals surface area contributed by atoms with Crippen molar-refractivity contribution in [1.29, 1.82) is 0 Å². The number of pyridine rings is 1. The van der Waals surface area contributed by atoms with Gasteiger partial charge in [0.25, 0.3) is 0 Å².